The van der Waals surface area contributed by atoms with E-state index in [1.54, 1.807) is 11.3 Å². The van der Waals surface area contributed by atoms with Crippen LogP contribution < -0.4 is 5.73 Å². The van der Waals surface area contributed by atoms with E-state index in [1.807, 2.05) is 6.07 Å². The maximum absolute atomic E-state index is 6.60. The average Bonchev–Trinajstić information content (AvgIpc) is 2.77. The highest BCUT2D eigenvalue weighted by molar-refractivity contribution is 7.10. The summed E-state index contributed by atoms with van der Waals surface area (Å²) in [7, 11) is 0. The molecule has 1 unspecified atom stereocenters. The fourth-order valence-electron chi connectivity index (χ4n) is 2.27. The smallest absolute Gasteiger partial charge is 0.0458 e. The molecular formula is C15H19NS. The van der Waals surface area contributed by atoms with E-state index < -0.39 is 0 Å². The van der Waals surface area contributed by atoms with Crippen molar-refractivity contribution < 1.29 is 0 Å². The Morgan fingerprint density at radius 2 is 1.88 bits per heavy atom. The van der Waals surface area contributed by atoms with Crippen LogP contribution in [0.15, 0.2) is 41.8 Å². The molecule has 0 spiro atoms. The predicted octanol–water partition coefficient (Wildman–Crippen LogP) is 3.86. The molecule has 1 nitrogen and oxygen atoms in total. The average molecular weight is 245 g/mol. The Labute approximate surface area is 107 Å². The lowest BCUT2D eigenvalue weighted by molar-refractivity contribution is 0.424. The second-order valence-corrected chi connectivity index (χ2v) is 5.68. The van der Waals surface area contributed by atoms with Crippen molar-refractivity contribution >= 4 is 11.3 Å². The monoisotopic (exact) mass is 245 g/mol. The highest BCUT2D eigenvalue weighted by atomic mass is 32.1. The maximum atomic E-state index is 6.60. The zero-order valence-electron chi connectivity index (χ0n) is 10.4. The molecule has 1 aromatic carbocycles. The molecule has 0 aliphatic heterocycles. The molecule has 0 aliphatic rings. The third-order valence-corrected chi connectivity index (χ3v) is 4.23. The number of thiophene rings is 1. The van der Waals surface area contributed by atoms with Crippen molar-refractivity contribution in [3.8, 4) is 0 Å². The lowest BCUT2D eigenvalue weighted by atomic mass is 9.83. The van der Waals surface area contributed by atoms with Crippen molar-refractivity contribution in [2.24, 2.45) is 5.73 Å². The lowest BCUT2D eigenvalue weighted by Crippen LogP contribution is -2.38. The molecule has 17 heavy (non-hydrogen) atoms. The quantitative estimate of drug-likeness (QED) is 0.869. The van der Waals surface area contributed by atoms with E-state index in [1.165, 1.54) is 16.0 Å². The minimum Gasteiger partial charge on any atom is -0.321 e. The first-order chi connectivity index (χ1) is 8.15. The van der Waals surface area contributed by atoms with Crippen LogP contribution in [0.4, 0.5) is 0 Å². The fraction of sp³-hybridized carbons (Fsp3) is 0.333. The zero-order chi connectivity index (χ0) is 12.3. The number of hydrogen-bond donors (Lipinski definition) is 1. The fourth-order valence-corrected chi connectivity index (χ4v) is 3.08. The Hall–Kier alpha value is -1.12. The molecule has 2 rings (SSSR count). The Bertz CT molecular complexity index is 475. The van der Waals surface area contributed by atoms with Gasteiger partial charge in [0, 0.05) is 10.4 Å². The van der Waals surface area contributed by atoms with E-state index in [0.29, 0.717) is 0 Å². The van der Waals surface area contributed by atoms with Crippen LogP contribution in [0.2, 0.25) is 0 Å². The van der Waals surface area contributed by atoms with Gasteiger partial charge in [-0.2, -0.15) is 0 Å². The summed E-state index contributed by atoms with van der Waals surface area (Å²) in [5, 5.41) is 2.13. The molecule has 0 bridgehead atoms. The van der Waals surface area contributed by atoms with Crippen LogP contribution in [-0.4, -0.2) is 0 Å². The van der Waals surface area contributed by atoms with Crippen LogP contribution in [0.25, 0.3) is 0 Å². The van der Waals surface area contributed by atoms with E-state index >= 15 is 0 Å². The van der Waals surface area contributed by atoms with Gasteiger partial charge in [0.05, 0.1) is 0 Å². The Morgan fingerprint density at radius 1 is 1.18 bits per heavy atom. The Balaban J connectivity index is 2.30. The summed E-state index contributed by atoms with van der Waals surface area (Å²) >= 11 is 1.78. The van der Waals surface area contributed by atoms with Crippen LogP contribution >= 0.6 is 11.3 Å². The van der Waals surface area contributed by atoms with Crippen LogP contribution in [-0.2, 0) is 12.0 Å². The summed E-state index contributed by atoms with van der Waals surface area (Å²) in [4.78, 5) is 1.34. The molecular weight excluding hydrogens is 226 g/mol. The van der Waals surface area contributed by atoms with Gasteiger partial charge in [0.1, 0.15) is 0 Å². The van der Waals surface area contributed by atoms with Gasteiger partial charge in [0.25, 0.3) is 0 Å². The maximum Gasteiger partial charge on any atom is 0.0458 e. The van der Waals surface area contributed by atoms with Gasteiger partial charge >= 0.3 is 0 Å². The molecule has 0 saturated carbocycles. The van der Waals surface area contributed by atoms with E-state index in [0.717, 1.165) is 12.8 Å². The molecule has 2 N–H and O–H groups in total. The Kier molecular flexibility index (Phi) is 3.65. The number of aryl methyl sites for hydroxylation is 1. The largest absolute Gasteiger partial charge is 0.321 e. The van der Waals surface area contributed by atoms with E-state index in [2.05, 4.69) is 49.6 Å². The molecule has 2 aromatic rings. The van der Waals surface area contributed by atoms with Gasteiger partial charge in [-0.25, -0.2) is 0 Å². The molecule has 2 heteroatoms. The lowest BCUT2D eigenvalue weighted by Gasteiger charge is -2.29. The van der Waals surface area contributed by atoms with Gasteiger partial charge in [-0.3, -0.25) is 0 Å². The number of hydrogen-bond acceptors (Lipinski definition) is 2. The highest BCUT2D eigenvalue weighted by Crippen LogP contribution is 2.31. The molecule has 90 valence electrons. The van der Waals surface area contributed by atoms with Crippen LogP contribution in [0.1, 0.15) is 29.3 Å². The normalized spacial score (nSPS) is 14.5. The number of rotatable bonds is 4. The Morgan fingerprint density at radius 3 is 2.41 bits per heavy atom. The van der Waals surface area contributed by atoms with Crippen molar-refractivity contribution in [2.45, 2.75) is 32.2 Å². The van der Waals surface area contributed by atoms with Gasteiger partial charge in [0.2, 0.25) is 0 Å². The molecule has 0 amide bonds. The van der Waals surface area contributed by atoms with E-state index in [9.17, 15) is 0 Å². The first-order valence-corrected chi connectivity index (χ1v) is 6.91. The van der Waals surface area contributed by atoms with Crippen molar-refractivity contribution in [2.75, 3.05) is 0 Å². The second-order valence-electron chi connectivity index (χ2n) is 4.56. The molecule has 0 aliphatic carbocycles. The van der Waals surface area contributed by atoms with Crippen LogP contribution in [0, 0.1) is 6.92 Å². The standard InChI is InChI=1S/C15H19NS/c1-3-15(16,14-9-10-17-12(14)2)11-13-7-5-4-6-8-13/h4-10H,3,11,16H2,1-2H3. The van der Waals surface area contributed by atoms with Gasteiger partial charge < -0.3 is 5.73 Å². The van der Waals surface area contributed by atoms with Crippen molar-refractivity contribution in [3.05, 3.63) is 57.8 Å². The van der Waals surface area contributed by atoms with Gasteiger partial charge in [-0.15, -0.1) is 11.3 Å². The molecule has 1 atom stereocenters. The first kappa shape index (κ1) is 12.3. The van der Waals surface area contributed by atoms with Crippen molar-refractivity contribution in [1.82, 2.24) is 0 Å². The van der Waals surface area contributed by atoms with Crippen molar-refractivity contribution in [1.29, 1.82) is 0 Å². The molecule has 0 fully saturated rings. The predicted molar refractivity (Wildman–Crippen MR) is 75.4 cm³/mol. The van der Waals surface area contributed by atoms with E-state index in [4.69, 9.17) is 5.73 Å². The van der Waals surface area contributed by atoms with Crippen LogP contribution in [0.3, 0.4) is 0 Å². The molecule has 1 heterocycles. The summed E-state index contributed by atoms with van der Waals surface area (Å²) in [5.74, 6) is 0. The summed E-state index contributed by atoms with van der Waals surface area (Å²) < 4.78 is 0. The minimum atomic E-state index is -0.231. The minimum absolute atomic E-state index is 0.231. The number of benzene rings is 1. The zero-order valence-corrected chi connectivity index (χ0v) is 11.3. The summed E-state index contributed by atoms with van der Waals surface area (Å²) in [6, 6.07) is 12.7. The summed E-state index contributed by atoms with van der Waals surface area (Å²) in [5.41, 5.74) is 8.98. The van der Waals surface area contributed by atoms with Crippen LogP contribution in [0.5, 0.6) is 0 Å². The molecule has 0 saturated heterocycles. The highest BCUT2D eigenvalue weighted by Gasteiger charge is 2.27. The van der Waals surface area contributed by atoms with Crippen molar-refractivity contribution in [3.63, 3.8) is 0 Å². The third-order valence-electron chi connectivity index (χ3n) is 3.39. The second kappa shape index (κ2) is 5.03. The summed E-state index contributed by atoms with van der Waals surface area (Å²) in [6.07, 6.45) is 1.86. The van der Waals surface area contributed by atoms with Gasteiger partial charge in [-0.05, 0) is 42.3 Å². The van der Waals surface area contributed by atoms with E-state index in [-0.39, 0.29) is 5.54 Å². The van der Waals surface area contributed by atoms with Gasteiger partial charge in [0.15, 0.2) is 0 Å². The molecule has 0 radical (unpaired) electrons. The molecule has 1 aromatic heterocycles. The first-order valence-electron chi connectivity index (χ1n) is 6.03. The SMILES string of the molecule is CCC(N)(Cc1ccccc1)c1ccsc1C. The third kappa shape index (κ3) is 2.59. The topological polar surface area (TPSA) is 26.0 Å². The number of nitrogens with two attached hydrogens (primary N) is 1. The van der Waals surface area contributed by atoms with Gasteiger partial charge in [-0.1, -0.05) is 37.3 Å². The summed E-state index contributed by atoms with van der Waals surface area (Å²) in [6.45, 7) is 4.32.